The van der Waals surface area contributed by atoms with E-state index in [1.165, 1.54) is 0 Å². The third kappa shape index (κ3) is 2.52. The number of aromatic nitrogens is 1. The van der Waals surface area contributed by atoms with Gasteiger partial charge in [0, 0.05) is 33.7 Å². The summed E-state index contributed by atoms with van der Waals surface area (Å²) in [6.07, 6.45) is 1.81. The quantitative estimate of drug-likeness (QED) is 0.853. The summed E-state index contributed by atoms with van der Waals surface area (Å²) in [4.78, 5) is 20.1. The molecule has 0 atom stereocenters. The number of hydrogen-bond acceptors (Lipinski definition) is 6. The highest BCUT2D eigenvalue weighted by Crippen LogP contribution is 2.28. The first kappa shape index (κ1) is 13.4. The van der Waals surface area contributed by atoms with Gasteiger partial charge >= 0.3 is 0 Å². The van der Waals surface area contributed by atoms with Crippen molar-refractivity contribution in [3.05, 3.63) is 39.8 Å². The van der Waals surface area contributed by atoms with Crippen LogP contribution in [0.2, 0.25) is 0 Å². The first-order chi connectivity index (χ1) is 9.67. The highest BCUT2D eigenvalue weighted by Gasteiger charge is 2.24. The van der Waals surface area contributed by atoms with Crippen molar-refractivity contribution in [3.8, 4) is 0 Å². The van der Waals surface area contributed by atoms with Crippen LogP contribution < -0.4 is 5.32 Å². The lowest BCUT2D eigenvalue weighted by molar-refractivity contribution is 0.0747. The Morgan fingerprint density at radius 2 is 2.40 bits per heavy atom. The monoisotopic (exact) mass is 307 g/mol. The van der Waals surface area contributed by atoms with Crippen molar-refractivity contribution in [2.24, 2.45) is 0 Å². The maximum Gasteiger partial charge on any atom is 0.257 e. The molecule has 104 valence electrons. The largest absolute Gasteiger partial charge is 0.367 e. The molecule has 2 N–H and O–H groups in total. The van der Waals surface area contributed by atoms with Gasteiger partial charge in [0.15, 0.2) is 0 Å². The van der Waals surface area contributed by atoms with Crippen molar-refractivity contribution in [3.63, 3.8) is 0 Å². The van der Waals surface area contributed by atoms with E-state index in [1.807, 2.05) is 19.2 Å². The van der Waals surface area contributed by atoms with Gasteiger partial charge < -0.3 is 14.8 Å². The van der Waals surface area contributed by atoms with Gasteiger partial charge in [0.2, 0.25) is 0 Å². The number of fused-ring (bicyclic) bond motifs is 1. The molecule has 2 heterocycles. The summed E-state index contributed by atoms with van der Waals surface area (Å²) in [6.45, 7) is 2.98. The number of hydrogen-bond donors (Lipinski definition) is 2. The molecule has 1 amide bonds. The van der Waals surface area contributed by atoms with E-state index < -0.39 is 0 Å². The number of amides is 1. The summed E-state index contributed by atoms with van der Waals surface area (Å²) < 4.78 is 9.09. The van der Waals surface area contributed by atoms with Gasteiger partial charge in [-0.25, -0.2) is 4.98 Å². The smallest absolute Gasteiger partial charge is 0.257 e. The lowest BCUT2D eigenvalue weighted by Crippen LogP contribution is -2.39. The molecule has 2 aromatic rings. The molecule has 20 heavy (non-hydrogen) atoms. The highest BCUT2D eigenvalue weighted by atomic mass is 32.2. The first-order valence-electron chi connectivity index (χ1n) is 6.07. The van der Waals surface area contributed by atoms with Gasteiger partial charge in [0.1, 0.15) is 0 Å². The number of nitrogens with zero attached hydrogens (tertiary/aromatic N) is 2. The van der Waals surface area contributed by atoms with Crippen LogP contribution in [0.1, 0.15) is 20.2 Å². The van der Waals surface area contributed by atoms with Crippen LogP contribution in [0.4, 0.5) is 5.69 Å². The van der Waals surface area contributed by atoms with E-state index in [-0.39, 0.29) is 5.91 Å². The fourth-order valence-corrected chi connectivity index (χ4v) is 3.24. The fourth-order valence-electron chi connectivity index (χ4n) is 2.13. The van der Waals surface area contributed by atoms with Gasteiger partial charge in [0.05, 0.1) is 23.8 Å². The Hall–Kier alpha value is -1.57. The van der Waals surface area contributed by atoms with Crippen LogP contribution in [0.3, 0.4) is 0 Å². The number of carbonyl (C=O) groups is 1. The molecule has 1 aliphatic heterocycles. The Kier molecular flexibility index (Phi) is 3.64. The Morgan fingerprint density at radius 1 is 1.55 bits per heavy atom. The van der Waals surface area contributed by atoms with Crippen LogP contribution in [0, 0.1) is 6.92 Å². The van der Waals surface area contributed by atoms with Gasteiger partial charge in [0.25, 0.3) is 5.91 Å². The number of thiazole rings is 1. The highest BCUT2D eigenvalue weighted by molar-refractivity contribution is 7.93. The van der Waals surface area contributed by atoms with E-state index in [2.05, 4.69) is 10.3 Å². The van der Waals surface area contributed by atoms with Gasteiger partial charge in [-0.2, -0.15) is 0 Å². The number of benzene rings is 1. The van der Waals surface area contributed by atoms with Gasteiger partial charge in [-0.05, 0) is 25.1 Å². The van der Waals surface area contributed by atoms with Gasteiger partial charge in [-0.15, -0.1) is 11.3 Å². The van der Waals surface area contributed by atoms with Crippen LogP contribution in [0.25, 0.3) is 0 Å². The second-order valence-corrected chi connectivity index (χ2v) is 6.46. The second-order valence-electron chi connectivity index (χ2n) is 4.48. The molecule has 0 saturated carbocycles. The molecule has 7 heteroatoms. The number of anilines is 1. The van der Waals surface area contributed by atoms with Crippen molar-refractivity contribution in [2.45, 2.75) is 18.4 Å². The third-order valence-corrected chi connectivity index (χ3v) is 4.45. The maximum atomic E-state index is 12.5. The lowest BCUT2D eigenvalue weighted by atomic mass is 10.1. The molecule has 0 fully saturated rings. The van der Waals surface area contributed by atoms with E-state index >= 15 is 0 Å². The summed E-state index contributed by atoms with van der Waals surface area (Å²) in [7, 11) is 0. The minimum Gasteiger partial charge on any atom is -0.367 e. The van der Waals surface area contributed by atoms with Crippen molar-refractivity contribution in [2.75, 3.05) is 12.0 Å². The van der Waals surface area contributed by atoms with Crippen LogP contribution in [0.15, 0.2) is 29.3 Å². The predicted molar refractivity (Wildman–Crippen MR) is 80.1 cm³/mol. The molecule has 0 saturated heterocycles. The number of aryl methyl sites for hydroxylation is 1. The molecule has 0 aliphatic carbocycles. The summed E-state index contributed by atoms with van der Waals surface area (Å²) in [5, 5.41) is 4.22. The molecule has 1 aromatic heterocycles. The Bertz CT molecular complexity index is 657. The Labute approximate surface area is 124 Å². The topological polar surface area (TPSA) is 65.5 Å². The van der Waals surface area contributed by atoms with Crippen LogP contribution in [-0.2, 0) is 6.54 Å². The molecule has 0 spiro atoms. The molecule has 0 bridgehead atoms. The zero-order valence-electron chi connectivity index (χ0n) is 10.8. The first-order valence-corrected chi connectivity index (χ1v) is 7.66. The molecule has 5 nitrogen and oxygen atoms in total. The minimum absolute atomic E-state index is 0.0271. The number of rotatable bonds is 3. The van der Waals surface area contributed by atoms with Crippen molar-refractivity contribution in [1.29, 1.82) is 0 Å². The Balaban J connectivity index is 1.84. The second kappa shape index (κ2) is 5.43. The zero-order chi connectivity index (χ0) is 14.1. The molecular weight excluding hydrogens is 294 g/mol. The molecule has 1 aliphatic rings. The van der Waals surface area contributed by atoms with E-state index in [1.54, 1.807) is 28.4 Å². The zero-order valence-corrected chi connectivity index (χ0v) is 12.4. The molecular formula is C13H13N3O2S2. The summed E-state index contributed by atoms with van der Waals surface area (Å²) >= 11 is 2.24. The van der Waals surface area contributed by atoms with E-state index in [0.29, 0.717) is 35.7 Å². The number of carbonyl (C=O) groups excluding carboxylic acids is 1. The molecule has 1 aromatic carbocycles. The van der Waals surface area contributed by atoms with Crippen LogP contribution in [0.5, 0.6) is 0 Å². The molecule has 0 radical (unpaired) electrons. The standard InChI is InChI=1S/C13H13N3O2S2/c1-8-14-5-10(19-8)6-16-7-15-12-3-2-9(20-18)4-11(12)13(16)17/h2-5,15,18H,6-7H2,1H3. The SMILES string of the molecule is Cc1ncc(CN2CNc3ccc(SO)cc3C2=O)s1. The lowest BCUT2D eigenvalue weighted by Gasteiger charge is -2.29. The van der Waals surface area contributed by atoms with E-state index in [9.17, 15) is 4.79 Å². The van der Waals surface area contributed by atoms with Crippen molar-refractivity contribution < 1.29 is 9.35 Å². The summed E-state index contributed by atoms with van der Waals surface area (Å²) in [6, 6.07) is 5.31. The predicted octanol–water partition coefficient (Wildman–Crippen LogP) is 3.04. The van der Waals surface area contributed by atoms with E-state index in [4.69, 9.17) is 4.55 Å². The Morgan fingerprint density at radius 3 is 3.10 bits per heavy atom. The third-order valence-electron chi connectivity index (χ3n) is 3.09. The molecule has 0 unspecified atom stereocenters. The summed E-state index contributed by atoms with van der Waals surface area (Å²) in [5.74, 6) is -0.0271. The van der Waals surface area contributed by atoms with Crippen LogP contribution >= 0.6 is 23.4 Å². The van der Waals surface area contributed by atoms with Gasteiger partial charge in [-0.1, -0.05) is 0 Å². The maximum absolute atomic E-state index is 12.5. The van der Waals surface area contributed by atoms with E-state index in [0.717, 1.165) is 15.6 Å². The van der Waals surface area contributed by atoms with Crippen molar-refractivity contribution >= 4 is 35.0 Å². The summed E-state index contributed by atoms with van der Waals surface area (Å²) in [5.41, 5.74) is 1.40. The van der Waals surface area contributed by atoms with Crippen molar-refractivity contribution in [1.82, 2.24) is 9.88 Å². The molecule has 3 rings (SSSR count). The normalized spacial score (nSPS) is 14.1. The van der Waals surface area contributed by atoms with Gasteiger partial charge in [-0.3, -0.25) is 4.79 Å². The fraction of sp³-hybridized carbons (Fsp3) is 0.231. The average molecular weight is 307 g/mol. The minimum atomic E-state index is -0.0271. The number of nitrogens with one attached hydrogen (secondary N) is 1. The average Bonchev–Trinajstić information content (AvgIpc) is 2.87. The van der Waals surface area contributed by atoms with Crippen LogP contribution in [-0.4, -0.2) is 27.0 Å².